The van der Waals surface area contributed by atoms with Crippen LogP contribution in [0.4, 0.5) is 10.1 Å². The number of hydrogen-bond donors (Lipinski definition) is 1. The maximum atomic E-state index is 13.6. The Bertz CT molecular complexity index is 588. The minimum atomic E-state index is -0.411. The van der Waals surface area contributed by atoms with Gasteiger partial charge < -0.3 is 5.32 Å². The molecule has 0 saturated carbocycles. The lowest BCUT2D eigenvalue weighted by atomic mass is 10.2. The molecule has 0 unspecified atom stereocenters. The van der Waals surface area contributed by atoms with Crippen LogP contribution in [0.3, 0.4) is 0 Å². The van der Waals surface area contributed by atoms with Crippen molar-refractivity contribution in [2.75, 3.05) is 5.32 Å². The third-order valence-corrected chi connectivity index (χ3v) is 3.02. The number of rotatable bonds is 3. The molecule has 0 atom stereocenters. The zero-order chi connectivity index (χ0) is 13.0. The van der Waals surface area contributed by atoms with Crippen LogP contribution < -0.4 is 5.32 Å². The molecule has 0 aliphatic carbocycles. The highest BCUT2D eigenvalue weighted by Gasteiger charge is 2.03. The average molecular weight is 305 g/mol. The van der Waals surface area contributed by atoms with Crippen molar-refractivity contribution in [3.8, 4) is 6.07 Å². The summed E-state index contributed by atoms with van der Waals surface area (Å²) < 4.78 is 14.6. The summed E-state index contributed by atoms with van der Waals surface area (Å²) in [6.45, 7) is 0.538. The van der Waals surface area contributed by atoms with E-state index >= 15 is 0 Å². The zero-order valence-corrected chi connectivity index (χ0v) is 11.0. The van der Waals surface area contributed by atoms with Gasteiger partial charge in [0.15, 0.2) is 0 Å². The highest BCUT2D eigenvalue weighted by atomic mass is 79.9. The maximum Gasteiger partial charge on any atom is 0.147 e. The van der Waals surface area contributed by atoms with E-state index < -0.39 is 5.82 Å². The van der Waals surface area contributed by atoms with Gasteiger partial charge in [-0.05, 0) is 35.9 Å². The molecule has 0 heterocycles. The Kier molecular flexibility index (Phi) is 3.96. The lowest BCUT2D eigenvalue weighted by Gasteiger charge is -2.07. The molecule has 2 rings (SSSR count). The number of nitrogens with zero attached hydrogens (tertiary/aromatic N) is 1. The summed E-state index contributed by atoms with van der Waals surface area (Å²) in [5.41, 5.74) is 1.78. The monoisotopic (exact) mass is 304 g/mol. The quantitative estimate of drug-likeness (QED) is 0.927. The van der Waals surface area contributed by atoms with Crippen LogP contribution in [0, 0.1) is 17.1 Å². The number of nitrogens with one attached hydrogen (secondary N) is 1. The van der Waals surface area contributed by atoms with E-state index in [0.29, 0.717) is 17.8 Å². The second-order valence-electron chi connectivity index (χ2n) is 3.79. The van der Waals surface area contributed by atoms with Crippen molar-refractivity contribution in [1.82, 2.24) is 0 Å². The minimum Gasteiger partial charge on any atom is -0.379 e. The molecule has 2 nitrogen and oxygen atoms in total. The van der Waals surface area contributed by atoms with E-state index in [2.05, 4.69) is 21.2 Å². The Morgan fingerprint density at radius 3 is 2.50 bits per heavy atom. The molecule has 4 heteroatoms. The van der Waals surface area contributed by atoms with Gasteiger partial charge in [0.2, 0.25) is 0 Å². The topological polar surface area (TPSA) is 35.8 Å². The van der Waals surface area contributed by atoms with Crippen LogP contribution in [0.2, 0.25) is 0 Å². The Hall–Kier alpha value is -1.86. The summed E-state index contributed by atoms with van der Waals surface area (Å²) in [7, 11) is 0. The summed E-state index contributed by atoms with van der Waals surface area (Å²) in [6, 6.07) is 14.1. The van der Waals surface area contributed by atoms with Gasteiger partial charge in [0, 0.05) is 11.0 Å². The molecule has 1 N–H and O–H groups in total. The van der Waals surface area contributed by atoms with Gasteiger partial charge in [-0.25, -0.2) is 4.39 Å². The van der Waals surface area contributed by atoms with Crippen LogP contribution in [0.25, 0.3) is 0 Å². The summed E-state index contributed by atoms with van der Waals surface area (Å²) in [4.78, 5) is 0. The van der Waals surface area contributed by atoms with Crippen LogP contribution in [0.15, 0.2) is 46.9 Å². The third-order valence-electron chi connectivity index (χ3n) is 2.49. The number of benzene rings is 2. The summed E-state index contributed by atoms with van der Waals surface area (Å²) >= 11 is 3.36. The van der Waals surface area contributed by atoms with Gasteiger partial charge in [-0.2, -0.15) is 5.26 Å². The highest BCUT2D eigenvalue weighted by Crippen LogP contribution is 2.17. The molecule has 0 aromatic heterocycles. The second kappa shape index (κ2) is 5.65. The molecular formula is C14H10BrFN2. The number of hydrogen-bond acceptors (Lipinski definition) is 2. The van der Waals surface area contributed by atoms with E-state index in [-0.39, 0.29) is 0 Å². The maximum absolute atomic E-state index is 13.6. The van der Waals surface area contributed by atoms with E-state index in [1.807, 2.05) is 30.3 Å². The molecule has 0 radical (unpaired) electrons. The first kappa shape index (κ1) is 12.6. The standard InChI is InChI=1S/C14H10BrFN2/c15-12-4-1-10(2-5-12)9-18-14-6-3-11(8-17)7-13(14)16/h1-7,18H,9H2. The van der Waals surface area contributed by atoms with E-state index in [9.17, 15) is 4.39 Å². The summed E-state index contributed by atoms with van der Waals surface area (Å²) in [5.74, 6) is -0.411. The van der Waals surface area contributed by atoms with Gasteiger partial charge in [-0.1, -0.05) is 28.1 Å². The Labute approximate surface area is 113 Å². The molecule has 0 saturated heterocycles. The predicted molar refractivity (Wildman–Crippen MR) is 72.6 cm³/mol. The first-order valence-corrected chi connectivity index (χ1v) is 6.16. The van der Waals surface area contributed by atoms with Crippen LogP contribution in [0.5, 0.6) is 0 Å². The normalized spacial score (nSPS) is 9.83. The fraction of sp³-hybridized carbons (Fsp3) is 0.0714. The van der Waals surface area contributed by atoms with Gasteiger partial charge in [-0.3, -0.25) is 0 Å². The molecule has 2 aromatic rings. The van der Waals surface area contributed by atoms with Crippen molar-refractivity contribution in [2.24, 2.45) is 0 Å². The molecule has 90 valence electrons. The SMILES string of the molecule is N#Cc1ccc(NCc2ccc(Br)cc2)c(F)c1. The minimum absolute atomic E-state index is 0.321. The van der Waals surface area contributed by atoms with E-state index in [1.54, 1.807) is 12.1 Å². The van der Waals surface area contributed by atoms with Crippen LogP contribution in [0.1, 0.15) is 11.1 Å². The molecule has 0 amide bonds. The number of halogens is 2. The predicted octanol–water partition coefficient (Wildman–Crippen LogP) is 4.07. The molecule has 0 aliphatic rings. The first-order chi connectivity index (χ1) is 8.69. The van der Waals surface area contributed by atoms with Gasteiger partial charge in [0.25, 0.3) is 0 Å². The Morgan fingerprint density at radius 1 is 1.17 bits per heavy atom. The molecule has 0 fully saturated rings. The average Bonchev–Trinajstić information content (AvgIpc) is 2.39. The van der Waals surface area contributed by atoms with Crippen LogP contribution >= 0.6 is 15.9 Å². The van der Waals surface area contributed by atoms with E-state index in [0.717, 1.165) is 10.0 Å². The van der Waals surface area contributed by atoms with Gasteiger partial charge >= 0.3 is 0 Å². The fourth-order valence-corrected chi connectivity index (χ4v) is 1.79. The van der Waals surface area contributed by atoms with Crippen LogP contribution in [-0.2, 0) is 6.54 Å². The van der Waals surface area contributed by atoms with Gasteiger partial charge in [0.05, 0.1) is 17.3 Å². The number of nitriles is 1. The Morgan fingerprint density at radius 2 is 1.89 bits per heavy atom. The Balaban J connectivity index is 2.06. The molecule has 0 aliphatic heterocycles. The molecule has 0 spiro atoms. The van der Waals surface area contributed by atoms with E-state index in [4.69, 9.17) is 5.26 Å². The third kappa shape index (κ3) is 3.08. The first-order valence-electron chi connectivity index (χ1n) is 5.37. The molecule has 18 heavy (non-hydrogen) atoms. The summed E-state index contributed by atoms with van der Waals surface area (Å²) in [6.07, 6.45) is 0. The van der Waals surface area contributed by atoms with Crippen molar-refractivity contribution >= 4 is 21.6 Å². The van der Waals surface area contributed by atoms with Crippen molar-refractivity contribution in [2.45, 2.75) is 6.54 Å². The lowest BCUT2D eigenvalue weighted by Crippen LogP contribution is -2.01. The van der Waals surface area contributed by atoms with Crippen molar-refractivity contribution in [3.63, 3.8) is 0 Å². The fourth-order valence-electron chi connectivity index (χ4n) is 1.53. The lowest BCUT2D eigenvalue weighted by molar-refractivity contribution is 0.629. The molecule has 0 bridgehead atoms. The van der Waals surface area contributed by atoms with Crippen molar-refractivity contribution in [3.05, 3.63) is 63.9 Å². The van der Waals surface area contributed by atoms with Crippen molar-refractivity contribution < 1.29 is 4.39 Å². The second-order valence-corrected chi connectivity index (χ2v) is 4.70. The summed E-state index contributed by atoms with van der Waals surface area (Å²) in [5, 5.41) is 11.6. The largest absolute Gasteiger partial charge is 0.379 e. The highest BCUT2D eigenvalue weighted by molar-refractivity contribution is 9.10. The zero-order valence-electron chi connectivity index (χ0n) is 9.45. The van der Waals surface area contributed by atoms with Gasteiger partial charge in [0.1, 0.15) is 5.82 Å². The molecular weight excluding hydrogens is 295 g/mol. The van der Waals surface area contributed by atoms with E-state index in [1.165, 1.54) is 6.07 Å². The molecule has 2 aromatic carbocycles. The smallest absolute Gasteiger partial charge is 0.147 e. The van der Waals surface area contributed by atoms with Crippen molar-refractivity contribution in [1.29, 1.82) is 5.26 Å². The van der Waals surface area contributed by atoms with Crippen LogP contribution in [-0.4, -0.2) is 0 Å². The number of anilines is 1. The van der Waals surface area contributed by atoms with Gasteiger partial charge in [-0.15, -0.1) is 0 Å².